The number of rotatable bonds is 6. The Morgan fingerprint density at radius 3 is 2.46 bits per heavy atom. The summed E-state index contributed by atoms with van der Waals surface area (Å²) in [5.74, 6) is -1.49. The number of para-hydroxylation sites is 2. The van der Waals surface area contributed by atoms with Gasteiger partial charge in [-0.15, -0.1) is 0 Å². The molecule has 3 aromatic carbocycles. The Labute approximate surface area is 222 Å². The topological polar surface area (TPSA) is 127 Å². The molecule has 1 unspecified atom stereocenters. The van der Waals surface area contributed by atoms with Crippen LogP contribution >= 0.6 is 0 Å². The molecule has 1 atom stereocenters. The summed E-state index contributed by atoms with van der Waals surface area (Å²) in [5, 5.41) is 1.19. The van der Waals surface area contributed by atoms with E-state index >= 15 is 0 Å². The fraction of sp³-hybridized carbons (Fsp3) is 0.133. The van der Waals surface area contributed by atoms with E-state index in [2.05, 4.69) is 0 Å². The van der Waals surface area contributed by atoms with Gasteiger partial charge in [0.15, 0.2) is 5.75 Å². The largest absolute Gasteiger partial charge is 0.472 e. The molecule has 39 heavy (non-hydrogen) atoms. The van der Waals surface area contributed by atoms with Crippen molar-refractivity contribution < 1.29 is 23.4 Å². The average molecular weight is 522 g/mol. The lowest BCUT2D eigenvalue weighted by atomic mass is 9.88. The van der Waals surface area contributed by atoms with Crippen molar-refractivity contribution in [2.75, 3.05) is 6.61 Å². The summed E-state index contributed by atoms with van der Waals surface area (Å²) in [4.78, 5) is 36.0. The van der Waals surface area contributed by atoms with E-state index in [1.807, 2.05) is 48.5 Å². The third-order valence-corrected chi connectivity index (χ3v) is 6.41. The van der Waals surface area contributed by atoms with Gasteiger partial charge in [-0.05, 0) is 36.8 Å². The molecule has 9 nitrogen and oxygen atoms in total. The van der Waals surface area contributed by atoms with Crippen molar-refractivity contribution in [2.45, 2.75) is 19.4 Å². The zero-order valence-electron chi connectivity index (χ0n) is 20.9. The molecule has 0 radical (unpaired) electrons. The van der Waals surface area contributed by atoms with Crippen molar-refractivity contribution in [3.8, 4) is 11.6 Å². The number of benzene rings is 3. The molecular formula is C30H23N3O6. The van der Waals surface area contributed by atoms with Crippen molar-refractivity contribution in [2.24, 2.45) is 5.73 Å². The van der Waals surface area contributed by atoms with E-state index in [0.717, 1.165) is 5.56 Å². The predicted octanol–water partition coefficient (Wildman–Crippen LogP) is 4.57. The van der Waals surface area contributed by atoms with E-state index in [4.69, 9.17) is 34.3 Å². The molecule has 0 aliphatic carbocycles. The van der Waals surface area contributed by atoms with E-state index in [-0.39, 0.29) is 41.8 Å². The minimum absolute atomic E-state index is 0.0512. The van der Waals surface area contributed by atoms with E-state index in [1.54, 1.807) is 37.3 Å². The molecule has 0 amide bonds. The molecule has 2 N–H and O–H groups in total. The maximum atomic E-state index is 13.4. The van der Waals surface area contributed by atoms with Gasteiger partial charge >= 0.3 is 11.6 Å². The van der Waals surface area contributed by atoms with Crippen molar-refractivity contribution in [3.63, 3.8) is 0 Å². The van der Waals surface area contributed by atoms with Gasteiger partial charge in [0.2, 0.25) is 11.8 Å². The fourth-order valence-electron chi connectivity index (χ4n) is 4.66. The monoisotopic (exact) mass is 521 g/mol. The zero-order chi connectivity index (χ0) is 26.9. The Kier molecular flexibility index (Phi) is 6.16. The Morgan fingerprint density at radius 2 is 1.67 bits per heavy atom. The van der Waals surface area contributed by atoms with Gasteiger partial charge in [-0.1, -0.05) is 54.6 Å². The summed E-state index contributed by atoms with van der Waals surface area (Å²) in [7, 11) is 0. The number of ether oxygens (including phenoxy) is 3. The lowest BCUT2D eigenvalue weighted by molar-refractivity contribution is -0.139. The van der Waals surface area contributed by atoms with Gasteiger partial charge < -0.3 is 24.4 Å². The van der Waals surface area contributed by atoms with Crippen LogP contribution in [0.15, 0.2) is 99.5 Å². The van der Waals surface area contributed by atoms with Crippen molar-refractivity contribution in [3.05, 3.63) is 118 Å². The van der Waals surface area contributed by atoms with Crippen LogP contribution in [-0.4, -0.2) is 22.5 Å². The van der Waals surface area contributed by atoms with Crippen LogP contribution in [0.4, 0.5) is 0 Å². The minimum Gasteiger partial charge on any atom is -0.472 e. The number of fused-ring (bicyclic) bond motifs is 4. The van der Waals surface area contributed by atoms with Gasteiger partial charge in [0, 0.05) is 0 Å². The van der Waals surface area contributed by atoms with Gasteiger partial charge in [0.1, 0.15) is 23.6 Å². The Hall–Kier alpha value is -5.18. The first-order valence-corrected chi connectivity index (χ1v) is 12.4. The molecule has 1 aliphatic heterocycles. The highest BCUT2D eigenvalue weighted by Gasteiger charge is 2.41. The van der Waals surface area contributed by atoms with Crippen LogP contribution in [-0.2, 0) is 16.1 Å². The molecule has 5 aromatic rings. The van der Waals surface area contributed by atoms with Crippen LogP contribution in [0, 0.1) is 0 Å². The number of aromatic nitrogens is 2. The van der Waals surface area contributed by atoms with E-state index in [0.29, 0.717) is 27.8 Å². The fourth-order valence-corrected chi connectivity index (χ4v) is 4.66. The lowest BCUT2D eigenvalue weighted by Crippen LogP contribution is -2.32. The molecule has 194 valence electrons. The number of hydrogen-bond donors (Lipinski definition) is 1. The van der Waals surface area contributed by atoms with Crippen LogP contribution in [0.5, 0.6) is 11.6 Å². The molecule has 9 heteroatoms. The quantitative estimate of drug-likeness (QED) is 0.252. The summed E-state index contributed by atoms with van der Waals surface area (Å²) in [5.41, 5.74) is 7.40. The second kappa shape index (κ2) is 9.94. The Balaban J connectivity index is 1.58. The summed E-state index contributed by atoms with van der Waals surface area (Å²) >= 11 is 0. The molecule has 0 spiro atoms. The number of esters is 1. The highest BCUT2D eigenvalue weighted by atomic mass is 16.5. The third-order valence-electron chi connectivity index (χ3n) is 6.41. The standard InChI is InChI=1S/C30H23N3O6/c1-2-36-29(34)24-22(23-25(39-26(24)31)19-13-7-9-15-21(19)38-30(23)35)27-32-20-14-8-6-12-18(20)28(33-27)37-16-17-10-4-3-5-11-17/h3-15,22H,2,16,31H2,1H3. The first-order valence-electron chi connectivity index (χ1n) is 12.4. The first kappa shape index (κ1) is 24.2. The van der Waals surface area contributed by atoms with E-state index in [9.17, 15) is 9.59 Å². The van der Waals surface area contributed by atoms with Gasteiger partial charge in [-0.25, -0.2) is 14.6 Å². The average Bonchev–Trinajstić information content (AvgIpc) is 2.95. The second-order valence-electron chi connectivity index (χ2n) is 8.84. The second-order valence-corrected chi connectivity index (χ2v) is 8.84. The van der Waals surface area contributed by atoms with Crippen LogP contribution in [0.1, 0.15) is 29.8 Å². The maximum Gasteiger partial charge on any atom is 0.344 e. The number of nitrogens with two attached hydrogens (primary N) is 1. The highest BCUT2D eigenvalue weighted by Crippen LogP contribution is 2.44. The van der Waals surface area contributed by atoms with Crippen LogP contribution in [0.2, 0.25) is 0 Å². The zero-order valence-corrected chi connectivity index (χ0v) is 20.9. The number of hydrogen-bond acceptors (Lipinski definition) is 9. The number of carbonyl (C=O) groups excluding carboxylic acids is 1. The molecular weight excluding hydrogens is 498 g/mol. The molecule has 3 heterocycles. The summed E-state index contributed by atoms with van der Waals surface area (Å²) < 4.78 is 23.0. The molecule has 6 rings (SSSR count). The van der Waals surface area contributed by atoms with Gasteiger partial charge in [-0.2, -0.15) is 4.98 Å². The first-order chi connectivity index (χ1) is 19.0. The molecule has 2 aromatic heterocycles. The lowest BCUT2D eigenvalue weighted by Gasteiger charge is -2.27. The highest BCUT2D eigenvalue weighted by molar-refractivity contribution is 5.94. The summed E-state index contributed by atoms with van der Waals surface area (Å²) in [6, 6.07) is 23.9. The normalized spacial score (nSPS) is 14.6. The molecule has 0 bridgehead atoms. The predicted molar refractivity (Wildman–Crippen MR) is 143 cm³/mol. The van der Waals surface area contributed by atoms with Gasteiger partial charge in [0.25, 0.3) is 0 Å². The number of carbonyl (C=O) groups is 1. The minimum atomic E-state index is -1.13. The van der Waals surface area contributed by atoms with Crippen LogP contribution < -0.4 is 20.8 Å². The maximum absolute atomic E-state index is 13.4. The summed E-state index contributed by atoms with van der Waals surface area (Å²) in [6.07, 6.45) is 0. The molecule has 1 aliphatic rings. The number of nitrogens with zero attached hydrogens (tertiary/aromatic N) is 2. The molecule has 0 saturated carbocycles. The Bertz CT molecular complexity index is 1810. The van der Waals surface area contributed by atoms with E-state index < -0.39 is 17.5 Å². The van der Waals surface area contributed by atoms with Crippen molar-refractivity contribution in [1.82, 2.24) is 9.97 Å². The smallest absolute Gasteiger partial charge is 0.344 e. The van der Waals surface area contributed by atoms with E-state index in [1.165, 1.54) is 0 Å². The summed E-state index contributed by atoms with van der Waals surface area (Å²) in [6.45, 7) is 2.01. The van der Waals surface area contributed by atoms with Gasteiger partial charge in [0.05, 0.1) is 34.4 Å². The molecule has 0 saturated heterocycles. The molecule has 0 fully saturated rings. The third kappa shape index (κ3) is 4.33. The van der Waals surface area contributed by atoms with Gasteiger partial charge in [-0.3, -0.25) is 0 Å². The Morgan fingerprint density at radius 1 is 0.949 bits per heavy atom. The van der Waals surface area contributed by atoms with Crippen LogP contribution in [0.25, 0.3) is 21.9 Å². The van der Waals surface area contributed by atoms with Crippen molar-refractivity contribution >= 4 is 27.8 Å². The SMILES string of the molecule is CCOC(=O)C1=C(N)Oc2c(c(=O)oc3ccccc23)C1c1nc(OCc2ccccc2)c2ccccc2n1. The van der Waals surface area contributed by atoms with Crippen molar-refractivity contribution in [1.29, 1.82) is 0 Å². The van der Waals surface area contributed by atoms with Crippen LogP contribution in [0.3, 0.4) is 0 Å².